The molecule has 0 aromatic heterocycles. The van der Waals surface area contributed by atoms with E-state index in [4.69, 9.17) is 5.73 Å². The molecule has 3 heteroatoms. The van der Waals surface area contributed by atoms with Gasteiger partial charge in [-0.3, -0.25) is 0 Å². The van der Waals surface area contributed by atoms with E-state index in [9.17, 15) is 4.79 Å². The summed E-state index contributed by atoms with van der Waals surface area (Å²) < 4.78 is 4.66. The van der Waals surface area contributed by atoms with Crippen molar-refractivity contribution in [2.24, 2.45) is 11.7 Å². The van der Waals surface area contributed by atoms with E-state index >= 15 is 0 Å². The molecule has 3 nitrogen and oxygen atoms in total. The molecule has 0 atom stereocenters. The van der Waals surface area contributed by atoms with Gasteiger partial charge in [-0.15, -0.1) is 0 Å². The molecule has 0 unspecified atom stereocenters. The van der Waals surface area contributed by atoms with Gasteiger partial charge in [0.15, 0.2) is 0 Å². The number of carbonyl (C=O) groups is 1. The number of ether oxygens (including phenoxy) is 1. The highest BCUT2D eigenvalue weighted by atomic mass is 16.5. The number of nitrogens with two attached hydrogens (primary N) is 1. The second kappa shape index (κ2) is 11.7. The number of carbonyl (C=O) groups excluding carboxylic acids is 1. The molecule has 2 N–H and O–H groups in total. The van der Waals surface area contributed by atoms with Crippen molar-refractivity contribution in [2.45, 2.75) is 71.6 Å². The lowest BCUT2D eigenvalue weighted by molar-refractivity contribution is 0.154. The topological polar surface area (TPSA) is 52.3 Å². The Morgan fingerprint density at radius 2 is 1.41 bits per heavy atom. The molecule has 0 fully saturated rings. The Morgan fingerprint density at radius 3 is 1.88 bits per heavy atom. The van der Waals surface area contributed by atoms with Gasteiger partial charge in [0.05, 0.1) is 6.61 Å². The van der Waals surface area contributed by atoms with E-state index in [1.54, 1.807) is 0 Å². The third-order valence-electron chi connectivity index (χ3n) is 2.92. The molecule has 0 aliphatic carbocycles. The highest BCUT2D eigenvalue weighted by Gasteiger charge is 1.96. The van der Waals surface area contributed by atoms with Crippen molar-refractivity contribution in [3.63, 3.8) is 0 Å². The Balaban J connectivity index is 2.96. The van der Waals surface area contributed by atoms with Crippen LogP contribution in [0.5, 0.6) is 0 Å². The first kappa shape index (κ1) is 16.3. The number of hydrogen-bond donors (Lipinski definition) is 1. The molecule has 0 aromatic carbocycles. The number of rotatable bonds is 11. The fraction of sp³-hybridized carbons (Fsp3) is 0.929. The zero-order chi connectivity index (χ0) is 12.9. The van der Waals surface area contributed by atoms with Crippen molar-refractivity contribution in [2.75, 3.05) is 6.61 Å². The average Bonchev–Trinajstić information content (AvgIpc) is 2.25. The summed E-state index contributed by atoms with van der Waals surface area (Å²) in [5, 5.41) is 0. The summed E-state index contributed by atoms with van der Waals surface area (Å²) in [7, 11) is 0. The minimum Gasteiger partial charge on any atom is -0.450 e. The monoisotopic (exact) mass is 243 g/mol. The highest BCUT2D eigenvalue weighted by Crippen LogP contribution is 2.12. The third-order valence-corrected chi connectivity index (χ3v) is 2.92. The second-order valence-electron chi connectivity index (χ2n) is 5.18. The zero-order valence-corrected chi connectivity index (χ0v) is 11.5. The lowest BCUT2D eigenvalue weighted by Crippen LogP contribution is -2.13. The van der Waals surface area contributed by atoms with Crippen molar-refractivity contribution in [3.05, 3.63) is 0 Å². The van der Waals surface area contributed by atoms with Crippen molar-refractivity contribution in [1.29, 1.82) is 0 Å². The SMILES string of the molecule is CC(C)CCCCCCCCCCOC(N)=O. The van der Waals surface area contributed by atoms with Crippen LogP contribution in [0.4, 0.5) is 4.79 Å². The molecule has 0 bridgehead atoms. The van der Waals surface area contributed by atoms with Crippen LogP contribution >= 0.6 is 0 Å². The Bertz CT molecular complexity index is 181. The zero-order valence-electron chi connectivity index (χ0n) is 11.5. The molecule has 102 valence electrons. The van der Waals surface area contributed by atoms with Gasteiger partial charge in [0.1, 0.15) is 0 Å². The fourth-order valence-corrected chi connectivity index (χ4v) is 1.89. The summed E-state index contributed by atoms with van der Waals surface area (Å²) in [5.41, 5.74) is 4.86. The van der Waals surface area contributed by atoms with Gasteiger partial charge in [-0.2, -0.15) is 0 Å². The maximum absolute atomic E-state index is 10.3. The molecule has 1 amide bonds. The number of hydrogen-bond acceptors (Lipinski definition) is 2. The summed E-state index contributed by atoms with van der Waals surface area (Å²) in [6.45, 7) is 5.05. The molecule has 0 aliphatic rings. The quantitative estimate of drug-likeness (QED) is 0.551. The highest BCUT2D eigenvalue weighted by molar-refractivity contribution is 5.64. The van der Waals surface area contributed by atoms with Crippen LogP contribution in [0.2, 0.25) is 0 Å². The largest absolute Gasteiger partial charge is 0.450 e. The first-order valence-electron chi connectivity index (χ1n) is 7.05. The fourth-order valence-electron chi connectivity index (χ4n) is 1.89. The van der Waals surface area contributed by atoms with Crippen LogP contribution in [0.15, 0.2) is 0 Å². The first-order valence-corrected chi connectivity index (χ1v) is 7.05. The van der Waals surface area contributed by atoms with Gasteiger partial charge in [0.25, 0.3) is 0 Å². The van der Waals surface area contributed by atoms with E-state index in [2.05, 4.69) is 18.6 Å². The van der Waals surface area contributed by atoms with Crippen LogP contribution in [0, 0.1) is 5.92 Å². The Morgan fingerprint density at radius 1 is 0.941 bits per heavy atom. The van der Waals surface area contributed by atoms with Gasteiger partial charge in [0.2, 0.25) is 0 Å². The van der Waals surface area contributed by atoms with Gasteiger partial charge in [0, 0.05) is 0 Å². The van der Waals surface area contributed by atoms with Crippen LogP contribution in [0.3, 0.4) is 0 Å². The van der Waals surface area contributed by atoms with Gasteiger partial charge < -0.3 is 10.5 Å². The predicted molar refractivity (Wildman–Crippen MR) is 71.9 cm³/mol. The van der Waals surface area contributed by atoms with Crippen molar-refractivity contribution in [3.8, 4) is 0 Å². The minimum absolute atomic E-state index is 0.476. The van der Waals surface area contributed by atoms with E-state index < -0.39 is 6.09 Å². The molecule has 0 saturated heterocycles. The Hall–Kier alpha value is -0.730. The number of amides is 1. The molecular formula is C14H29NO2. The van der Waals surface area contributed by atoms with Gasteiger partial charge in [-0.1, -0.05) is 65.2 Å². The molecule has 17 heavy (non-hydrogen) atoms. The van der Waals surface area contributed by atoms with Crippen LogP contribution < -0.4 is 5.73 Å². The van der Waals surface area contributed by atoms with Crippen LogP contribution in [0.1, 0.15) is 71.6 Å². The van der Waals surface area contributed by atoms with E-state index in [1.165, 1.54) is 44.9 Å². The van der Waals surface area contributed by atoms with Gasteiger partial charge >= 0.3 is 6.09 Å². The lowest BCUT2D eigenvalue weighted by atomic mass is 10.0. The molecule has 0 aliphatic heterocycles. The maximum Gasteiger partial charge on any atom is 0.404 e. The predicted octanol–water partition coefficient (Wildman–Crippen LogP) is 4.25. The van der Waals surface area contributed by atoms with E-state index in [0.29, 0.717) is 6.61 Å². The van der Waals surface area contributed by atoms with Crippen molar-refractivity contribution in [1.82, 2.24) is 0 Å². The van der Waals surface area contributed by atoms with Crippen molar-refractivity contribution < 1.29 is 9.53 Å². The number of unbranched alkanes of at least 4 members (excludes halogenated alkanes) is 7. The lowest BCUT2D eigenvalue weighted by Gasteiger charge is -2.04. The summed E-state index contributed by atoms with van der Waals surface area (Å²) in [5.74, 6) is 0.847. The molecule has 0 spiro atoms. The summed E-state index contributed by atoms with van der Waals surface area (Å²) in [4.78, 5) is 10.3. The van der Waals surface area contributed by atoms with Crippen LogP contribution in [0.25, 0.3) is 0 Å². The second-order valence-corrected chi connectivity index (χ2v) is 5.18. The third kappa shape index (κ3) is 15.3. The molecule has 0 radical (unpaired) electrons. The summed E-state index contributed by atoms with van der Waals surface area (Å²) >= 11 is 0. The molecular weight excluding hydrogens is 214 g/mol. The van der Waals surface area contributed by atoms with Gasteiger partial charge in [-0.05, 0) is 12.3 Å². The molecule has 0 heterocycles. The Kier molecular flexibility index (Phi) is 11.2. The average molecular weight is 243 g/mol. The molecule has 0 aromatic rings. The van der Waals surface area contributed by atoms with Gasteiger partial charge in [-0.25, -0.2) is 4.79 Å². The normalized spacial score (nSPS) is 10.8. The van der Waals surface area contributed by atoms with Crippen molar-refractivity contribution >= 4 is 6.09 Å². The standard InChI is InChI=1S/C14H29NO2/c1-13(2)11-9-7-5-3-4-6-8-10-12-17-14(15)16/h13H,3-12H2,1-2H3,(H2,15,16). The minimum atomic E-state index is -0.657. The van der Waals surface area contributed by atoms with E-state index in [1.807, 2.05) is 0 Å². The smallest absolute Gasteiger partial charge is 0.404 e. The summed E-state index contributed by atoms with van der Waals surface area (Å²) in [6, 6.07) is 0. The molecule has 0 saturated carbocycles. The van der Waals surface area contributed by atoms with Crippen LogP contribution in [-0.4, -0.2) is 12.7 Å². The molecule has 0 rings (SSSR count). The first-order chi connectivity index (χ1) is 8.13. The van der Waals surface area contributed by atoms with E-state index in [-0.39, 0.29) is 0 Å². The van der Waals surface area contributed by atoms with Crippen LogP contribution in [-0.2, 0) is 4.74 Å². The Labute approximate surface area is 106 Å². The summed E-state index contributed by atoms with van der Waals surface area (Å²) in [6.07, 6.45) is 10.8. The van der Waals surface area contributed by atoms with E-state index in [0.717, 1.165) is 18.8 Å². The number of primary amides is 1. The maximum atomic E-state index is 10.3.